The quantitative estimate of drug-likeness (QED) is 0.207. The lowest BCUT2D eigenvalue weighted by molar-refractivity contribution is -0.137. The molecule has 224 valence electrons. The summed E-state index contributed by atoms with van der Waals surface area (Å²) in [5, 5.41) is 13.8. The van der Waals surface area contributed by atoms with Gasteiger partial charge in [-0.25, -0.2) is 4.98 Å². The van der Waals surface area contributed by atoms with Crippen molar-refractivity contribution in [3.63, 3.8) is 0 Å². The van der Waals surface area contributed by atoms with Crippen molar-refractivity contribution in [1.29, 1.82) is 0 Å². The molecule has 1 unspecified atom stereocenters. The van der Waals surface area contributed by atoms with Gasteiger partial charge in [0, 0.05) is 37.1 Å². The molecule has 0 aliphatic carbocycles. The van der Waals surface area contributed by atoms with Crippen LogP contribution in [0.15, 0.2) is 30.3 Å². The summed E-state index contributed by atoms with van der Waals surface area (Å²) in [7, 11) is 1.59. The molecule has 0 radical (unpaired) electrons. The maximum Gasteiger partial charge on any atom is 0.303 e. The highest BCUT2D eigenvalue weighted by Crippen LogP contribution is 2.37. The van der Waals surface area contributed by atoms with E-state index in [9.17, 15) is 14.7 Å². The molecule has 3 heterocycles. The molecule has 4 rings (SSSR count). The number of amides is 1. The van der Waals surface area contributed by atoms with Gasteiger partial charge < -0.3 is 29.5 Å². The molecule has 0 saturated carbocycles. The van der Waals surface area contributed by atoms with Gasteiger partial charge in [0.1, 0.15) is 12.4 Å². The van der Waals surface area contributed by atoms with E-state index < -0.39 is 5.97 Å². The van der Waals surface area contributed by atoms with E-state index in [-0.39, 0.29) is 18.2 Å². The zero-order valence-electron chi connectivity index (χ0n) is 23.9. The number of carbonyl (C=O) groups excluding carboxylic acids is 1. The SMILES string of the molecule is COc1cc(C(CC(=O)O)CC2CCN(C(=O)CCc3ccc4c(n3)NCCC4)CC2)ccc1OCCOCCBr. The topological polar surface area (TPSA) is 110 Å². The van der Waals surface area contributed by atoms with Gasteiger partial charge in [-0.15, -0.1) is 0 Å². The summed E-state index contributed by atoms with van der Waals surface area (Å²) in [6.07, 6.45) is 5.82. The van der Waals surface area contributed by atoms with Gasteiger partial charge in [-0.05, 0) is 79.7 Å². The van der Waals surface area contributed by atoms with Crippen LogP contribution in [-0.2, 0) is 27.2 Å². The molecule has 1 aromatic heterocycles. The van der Waals surface area contributed by atoms with E-state index in [2.05, 4.69) is 27.3 Å². The number of aromatic nitrogens is 1. The minimum absolute atomic E-state index is 0.0471. The molecular formula is C31H42BrN3O6. The molecule has 1 fully saturated rings. The predicted octanol–water partition coefficient (Wildman–Crippen LogP) is 5.06. The smallest absolute Gasteiger partial charge is 0.303 e. The number of benzene rings is 1. The molecule has 2 N–H and O–H groups in total. The Morgan fingerprint density at radius 1 is 1.15 bits per heavy atom. The third-order valence-electron chi connectivity index (χ3n) is 7.92. The van der Waals surface area contributed by atoms with E-state index in [1.54, 1.807) is 7.11 Å². The van der Waals surface area contributed by atoms with Crippen LogP contribution in [0.5, 0.6) is 11.5 Å². The maximum absolute atomic E-state index is 13.0. The Hall–Kier alpha value is -2.85. The monoisotopic (exact) mass is 631 g/mol. The minimum Gasteiger partial charge on any atom is -0.493 e. The number of carbonyl (C=O) groups is 2. The highest BCUT2D eigenvalue weighted by atomic mass is 79.9. The zero-order chi connectivity index (χ0) is 29.0. The van der Waals surface area contributed by atoms with E-state index in [1.165, 1.54) is 5.56 Å². The van der Waals surface area contributed by atoms with E-state index in [4.69, 9.17) is 19.2 Å². The van der Waals surface area contributed by atoms with Crippen LogP contribution in [0.25, 0.3) is 0 Å². The Morgan fingerprint density at radius 3 is 2.73 bits per heavy atom. The first kappa shape index (κ1) is 31.1. The number of fused-ring (bicyclic) bond motifs is 1. The second-order valence-electron chi connectivity index (χ2n) is 10.8. The highest BCUT2D eigenvalue weighted by molar-refractivity contribution is 9.09. The Balaban J connectivity index is 1.28. The molecule has 0 bridgehead atoms. The van der Waals surface area contributed by atoms with Gasteiger partial charge in [0.05, 0.1) is 26.7 Å². The van der Waals surface area contributed by atoms with Crippen molar-refractivity contribution in [2.45, 2.75) is 57.3 Å². The van der Waals surface area contributed by atoms with Gasteiger partial charge in [-0.2, -0.15) is 0 Å². The lowest BCUT2D eigenvalue weighted by atomic mass is 9.82. The van der Waals surface area contributed by atoms with Gasteiger partial charge in [-0.3, -0.25) is 9.59 Å². The Bertz CT molecular complexity index is 1150. The van der Waals surface area contributed by atoms with Crippen LogP contribution in [0.2, 0.25) is 0 Å². The number of ether oxygens (including phenoxy) is 3. The molecular weight excluding hydrogens is 590 g/mol. The first-order chi connectivity index (χ1) is 20.0. The van der Waals surface area contributed by atoms with Crippen molar-refractivity contribution in [1.82, 2.24) is 9.88 Å². The minimum atomic E-state index is -0.822. The van der Waals surface area contributed by atoms with Crippen molar-refractivity contribution in [2.24, 2.45) is 5.92 Å². The number of piperidine rings is 1. The first-order valence-corrected chi connectivity index (χ1v) is 15.8. The number of halogens is 1. The van der Waals surface area contributed by atoms with Crippen LogP contribution in [0.4, 0.5) is 5.82 Å². The molecule has 1 aromatic carbocycles. The van der Waals surface area contributed by atoms with Crippen LogP contribution < -0.4 is 14.8 Å². The number of nitrogens with zero attached hydrogens (tertiary/aromatic N) is 2. The average Bonchev–Trinajstić information content (AvgIpc) is 2.99. The summed E-state index contributed by atoms with van der Waals surface area (Å²) >= 11 is 3.33. The number of carboxylic acids is 1. The molecule has 9 nitrogen and oxygen atoms in total. The van der Waals surface area contributed by atoms with Crippen LogP contribution in [0.3, 0.4) is 0 Å². The van der Waals surface area contributed by atoms with Crippen LogP contribution in [0, 0.1) is 5.92 Å². The largest absolute Gasteiger partial charge is 0.493 e. The Morgan fingerprint density at radius 2 is 1.98 bits per heavy atom. The van der Waals surface area contributed by atoms with Gasteiger partial charge in [0.2, 0.25) is 5.91 Å². The normalized spacial score (nSPS) is 16.0. The fourth-order valence-electron chi connectivity index (χ4n) is 5.69. The molecule has 10 heteroatoms. The lowest BCUT2D eigenvalue weighted by Gasteiger charge is -2.34. The molecule has 41 heavy (non-hydrogen) atoms. The second kappa shape index (κ2) is 16.0. The number of alkyl halides is 1. The van der Waals surface area contributed by atoms with Crippen molar-refractivity contribution in [2.75, 3.05) is 57.2 Å². The molecule has 2 aliphatic heterocycles. The summed E-state index contributed by atoms with van der Waals surface area (Å²) in [5.41, 5.74) is 3.13. The second-order valence-corrected chi connectivity index (χ2v) is 11.5. The van der Waals surface area contributed by atoms with E-state index >= 15 is 0 Å². The van der Waals surface area contributed by atoms with Crippen LogP contribution in [-0.4, -0.2) is 78.8 Å². The van der Waals surface area contributed by atoms with E-state index in [0.717, 1.165) is 61.1 Å². The number of carboxylic acid groups (broad SMARTS) is 1. The highest BCUT2D eigenvalue weighted by Gasteiger charge is 2.27. The summed E-state index contributed by atoms with van der Waals surface area (Å²) in [6, 6.07) is 9.86. The zero-order valence-corrected chi connectivity index (χ0v) is 25.5. The number of aliphatic carboxylic acids is 1. The predicted molar refractivity (Wildman–Crippen MR) is 161 cm³/mol. The Kier molecular flexibility index (Phi) is 12.1. The number of hydrogen-bond acceptors (Lipinski definition) is 7. The van der Waals surface area contributed by atoms with Gasteiger partial charge >= 0.3 is 5.97 Å². The molecule has 1 saturated heterocycles. The summed E-state index contributed by atoms with van der Waals surface area (Å²) < 4.78 is 16.8. The molecule has 1 atom stereocenters. The molecule has 2 aliphatic rings. The number of rotatable bonds is 15. The Labute approximate surface area is 251 Å². The van der Waals surface area contributed by atoms with Crippen molar-refractivity contribution < 1.29 is 28.9 Å². The van der Waals surface area contributed by atoms with E-state index in [1.807, 2.05) is 29.2 Å². The first-order valence-electron chi connectivity index (χ1n) is 14.6. The van der Waals surface area contributed by atoms with E-state index in [0.29, 0.717) is 63.2 Å². The average molecular weight is 633 g/mol. The van der Waals surface area contributed by atoms with Crippen LogP contribution >= 0.6 is 15.9 Å². The standard InChI is InChI=1S/C31H42BrN3O6/c1-39-28-20-24(5-8-27(28)41-18-17-40-16-12-32)25(21-30(37)38)19-22-10-14-35(15-11-22)29(36)9-7-26-6-4-23-3-2-13-33-31(23)34-26/h4-6,8,20,22,25H,2-3,7,9-19,21H2,1H3,(H,33,34)(H,37,38). The van der Waals surface area contributed by atoms with Gasteiger partial charge in [0.25, 0.3) is 0 Å². The number of likely N-dealkylation sites (tertiary alicyclic amines) is 1. The lowest BCUT2D eigenvalue weighted by Crippen LogP contribution is -2.39. The summed E-state index contributed by atoms with van der Waals surface area (Å²) in [5.74, 6) is 1.71. The number of hydrogen-bond donors (Lipinski definition) is 2. The molecule has 2 aromatic rings. The number of methoxy groups -OCH3 is 1. The maximum atomic E-state index is 13.0. The third kappa shape index (κ3) is 9.33. The molecule has 1 amide bonds. The number of pyridine rings is 1. The van der Waals surface area contributed by atoms with Crippen LogP contribution in [0.1, 0.15) is 61.3 Å². The van der Waals surface area contributed by atoms with Crippen molar-refractivity contribution in [3.05, 3.63) is 47.2 Å². The number of anilines is 1. The fraction of sp³-hybridized carbons (Fsp3) is 0.581. The summed E-state index contributed by atoms with van der Waals surface area (Å²) in [6.45, 7) is 3.85. The fourth-order valence-corrected chi connectivity index (χ4v) is 5.92. The van der Waals surface area contributed by atoms with Gasteiger partial charge in [0.15, 0.2) is 11.5 Å². The third-order valence-corrected chi connectivity index (χ3v) is 8.24. The summed E-state index contributed by atoms with van der Waals surface area (Å²) in [4.78, 5) is 31.4. The molecule has 0 spiro atoms. The number of aryl methyl sites for hydroxylation is 2. The van der Waals surface area contributed by atoms with Crippen molar-refractivity contribution >= 4 is 33.6 Å². The number of nitrogens with one attached hydrogen (secondary N) is 1. The van der Waals surface area contributed by atoms with Gasteiger partial charge in [-0.1, -0.05) is 28.1 Å². The van der Waals surface area contributed by atoms with Crippen molar-refractivity contribution in [3.8, 4) is 11.5 Å².